The number of aryl methyl sites for hydroxylation is 1. The number of carbonyl (C=O) groups is 1. The third-order valence-electron chi connectivity index (χ3n) is 3.90. The highest BCUT2D eigenvalue weighted by Gasteiger charge is 2.49. The van der Waals surface area contributed by atoms with Gasteiger partial charge in [0.15, 0.2) is 5.82 Å². The summed E-state index contributed by atoms with van der Waals surface area (Å²) in [7, 11) is 0. The molecule has 3 aliphatic heterocycles. The third-order valence-corrected chi connectivity index (χ3v) is 3.90. The van der Waals surface area contributed by atoms with Crippen molar-refractivity contribution in [2.75, 3.05) is 13.1 Å². The van der Waals surface area contributed by atoms with Crippen LogP contribution in [-0.2, 0) is 4.79 Å². The van der Waals surface area contributed by atoms with Crippen LogP contribution >= 0.6 is 0 Å². The molecule has 92 valence electrons. The Hall–Kier alpha value is -1.43. The monoisotopic (exact) mass is 237 g/mol. The molecule has 0 spiro atoms. The van der Waals surface area contributed by atoms with Gasteiger partial charge in [-0.15, -0.1) is 0 Å². The number of rotatable bonds is 2. The van der Waals surface area contributed by atoms with Gasteiger partial charge in [0.1, 0.15) is 6.04 Å². The van der Waals surface area contributed by atoms with Crippen molar-refractivity contribution in [1.82, 2.24) is 15.0 Å². The molecule has 2 atom stereocenters. The minimum atomic E-state index is -0.750. The van der Waals surface area contributed by atoms with Gasteiger partial charge in [0.2, 0.25) is 5.89 Å². The topological polar surface area (TPSA) is 79.5 Å². The lowest BCUT2D eigenvalue weighted by Crippen LogP contribution is -2.52. The summed E-state index contributed by atoms with van der Waals surface area (Å²) in [5.41, 5.74) is 0. The highest BCUT2D eigenvalue weighted by Crippen LogP contribution is 2.44. The molecule has 0 aromatic carbocycles. The Kier molecular flexibility index (Phi) is 2.39. The number of carboxylic acid groups (broad SMARTS) is 1. The van der Waals surface area contributed by atoms with E-state index in [9.17, 15) is 9.90 Å². The van der Waals surface area contributed by atoms with Gasteiger partial charge in [-0.25, -0.2) is 0 Å². The summed E-state index contributed by atoms with van der Waals surface area (Å²) in [5, 5.41) is 13.1. The van der Waals surface area contributed by atoms with E-state index in [1.807, 2.05) is 0 Å². The van der Waals surface area contributed by atoms with Gasteiger partial charge in [-0.05, 0) is 38.8 Å². The molecule has 1 N–H and O–H groups in total. The molecule has 6 nitrogen and oxygen atoms in total. The van der Waals surface area contributed by atoms with E-state index < -0.39 is 11.9 Å². The summed E-state index contributed by atoms with van der Waals surface area (Å²) in [4.78, 5) is 17.8. The maximum Gasteiger partial charge on any atom is 0.308 e. The van der Waals surface area contributed by atoms with Gasteiger partial charge in [-0.3, -0.25) is 9.69 Å². The smallest absolute Gasteiger partial charge is 0.308 e. The van der Waals surface area contributed by atoms with Crippen LogP contribution in [-0.4, -0.2) is 39.2 Å². The minimum absolute atomic E-state index is 0.235. The molecule has 1 aromatic rings. The van der Waals surface area contributed by atoms with Crippen LogP contribution in [0.25, 0.3) is 0 Å². The molecule has 3 aliphatic rings. The molecule has 3 fully saturated rings. The Morgan fingerprint density at radius 2 is 2.18 bits per heavy atom. The fourth-order valence-electron chi connectivity index (χ4n) is 3.12. The summed E-state index contributed by atoms with van der Waals surface area (Å²) in [6, 6.07) is -0.235. The van der Waals surface area contributed by atoms with E-state index in [0.29, 0.717) is 11.7 Å². The number of hydrogen-bond acceptors (Lipinski definition) is 5. The molecule has 17 heavy (non-hydrogen) atoms. The van der Waals surface area contributed by atoms with Crippen LogP contribution in [0.4, 0.5) is 0 Å². The van der Waals surface area contributed by atoms with Crippen molar-refractivity contribution in [2.24, 2.45) is 11.8 Å². The average Bonchev–Trinajstić information content (AvgIpc) is 2.76. The molecule has 0 aliphatic carbocycles. The molecule has 1 aromatic heterocycles. The van der Waals surface area contributed by atoms with Gasteiger partial charge in [-0.1, -0.05) is 5.16 Å². The summed E-state index contributed by atoms with van der Waals surface area (Å²) in [5.74, 6) is 0.110. The number of carboxylic acids is 1. The summed E-state index contributed by atoms with van der Waals surface area (Å²) < 4.78 is 5.17. The zero-order valence-corrected chi connectivity index (χ0v) is 9.67. The predicted molar refractivity (Wildman–Crippen MR) is 57.2 cm³/mol. The molecule has 4 rings (SSSR count). The number of aromatic nitrogens is 2. The van der Waals surface area contributed by atoms with E-state index in [4.69, 9.17) is 4.52 Å². The quantitative estimate of drug-likeness (QED) is 0.821. The summed E-state index contributed by atoms with van der Waals surface area (Å²) in [6.07, 6.45) is 1.92. The van der Waals surface area contributed by atoms with Crippen molar-refractivity contribution >= 4 is 5.97 Å². The Labute approximate surface area is 98.6 Å². The molecule has 6 heteroatoms. The molecular weight excluding hydrogens is 222 g/mol. The van der Waals surface area contributed by atoms with Crippen LogP contribution in [0.15, 0.2) is 4.52 Å². The number of nitrogens with zero attached hydrogens (tertiary/aromatic N) is 3. The highest BCUT2D eigenvalue weighted by molar-refractivity contribution is 5.71. The number of aliphatic carboxylic acids is 1. The van der Waals surface area contributed by atoms with Crippen molar-refractivity contribution < 1.29 is 14.4 Å². The van der Waals surface area contributed by atoms with E-state index >= 15 is 0 Å². The first-order valence-corrected chi connectivity index (χ1v) is 5.94. The minimum Gasteiger partial charge on any atom is -0.481 e. The molecule has 2 unspecified atom stereocenters. The van der Waals surface area contributed by atoms with Crippen LogP contribution in [0.2, 0.25) is 0 Å². The number of hydrogen-bond donors (Lipinski definition) is 1. The fraction of sp³-hybridized carbons (Fsp3) is 0.727. The lowest BCUT2D eigenvalue weighted by atomic mass is 9.74. The van der Waals surface area contributed by atoms with Gasteiger partial charge < -0.3 is 9.63 Å². The van der Waals surface area contributed by atoms with E-state index in [0.717, 1.165) is 25.9 Å². The predicted octanol–water partition coefficient (Wildman–Crippen LogP) is 0.846. The summed E-state index contributed by atoms with van der Waals surface area (Å²) >= 11 is 0. The molecule has 0 saturated carbocycles. The standard InChI is InChI=1S/C11H15N3O3/c1-6-12-10(17-13-6)9-8(11(15)16)7-2-4-14(9)5-3-7/h7-9H,2-5H2,1H3,(H,15,16). The normalized spacial score (nSPS) is 36.1. The molecule has 0 amide bonds. The summed E-state index contributed by atoms with van der Waals surface area (Å²) in [6.45, 7) is 3.61. The molecule has 0 radical (unpaired) electrons. The Bertz CT molecular complexity index is 437. The maximum atomic E-state index is 11.4. The van der Waals surface area contributed by atoms with Crippen molar-refractivity contribution in [3.63, 3.8) is 0 Å². The van der Waals surface area contributed by atoms with Crippen molar-refractivity contribution in [3.05, 3.63) is 11.7 Å². The maximum absolute atomic E-state index is 11.4. The molecular formula is C11H15N3O3. The van der Waals surface area contributed by atoms with Crippen molar-refractivity contribution in [2.45, 2.75) is 25.8 Å². The molecule has 2 bridgehead atoms. The SMILES string of the molecule is Cc1noc(C2C(C(=O)O)C3CCN2CC3)n1. The third kappa shape index (κ3) is 1.63. The van der Waals surface area contributed by atoms with Crippen LogP contribution < -0.4 is 0 Å². The largest absolute Gasteiger partial charge is 0.481 e. The Balaban J connectivity index is 1.97. The first-order chi connectivity index (χ1) is 8.16. The van der Waals surface area contributed by atoms with E-state index in [1.54, 1.807) is 6.92 Å². The second-order valence-corrected chi connectivity index (χ2v) is 4.86. The van der Waals surface area contributed by atoms with Crippen molar-refractivity contribution in [1.29, 1.82) is 0 Å². The van der Waals surface area contributed by atoms with E-state index in [-0.39, 0.29) is 12.0 Å². The zero-order valence-electron chi connectivity index (χ0n) is 9.67. The first-order valence-electron chi connectivity index (χ1n) is 5.94. The van der Waals surface area contributed by atoms with Crippen LogP contribution in [0.5, 0.6) is 0 Å². The lowest BCUT2D eigenvalue weighted by Gasteiger charge is -2.47. The van der Waals surface area contributed by atoms with Gasteiger partial charge >= 0.3 is 5.97 Å². The molecule has 3 saturated heterocycles. The van der Waals surface area contributed by atoms with Gasteiger partial charge in [0.05, 0.1) is 5.92 Å². The Morgan fingerprint density at radius 1 is 1.47 bits per heavy atom. The van der Waals surface area contributed by atoms with Gasteiger partial charge in [0, 0.05) is 0 Å². The molecule has 4 heterocycles. The fourth-order valence-corrected chi connectivity index (χ4v) is 3.12. The first kappa shape index (κ1) is 10.7. The van der Waals surface area contributed by atoms with Crippen LogP contribution in [0.1, 0.15) is 30.6 Å². The second-order valence-electron chi connectivity index (χ2n) is 4.86. The highest BCUT2D eigenvalue weighted by atomic mass is 16.5. The van der Waals surface area contributed by atoms with Crippen molar-refractivity contribution in [3.8, 4) is 0 Å². The van der Waals surface area contributed by atoms with Crippen LogP contribution in [0.3, 0.4) is 0 Å². The zero-order chi connectivity index (χ0) is 12.0. The number of fused-ring (bicyclic) bond motifs is 3. The average molecular weight is 237 g/mol. The number of piperidine rings is 3. The van der Waals surface area contributed by atoms with Gasteiger partial charge in [0.25, 0.3) is 0 Å². The van der Waals surface area contributed by atoms with E-state index in [2.05, 4.69) is 15.0 Å². The Morgan fingerprint density at radius 3 is 2.71 bits per heavy atom. The van der Waals surface area contributed by atoms with E-state index in [1.165, 1.54) is 0 Å². The van der Waals surface area contributed by atoms with Crippen LogP contribution in [0, 0.1) is 18.8 Å². The van der Waals surface area contributed by atoms with Gasteiger partial charge in [-0.2, -0.15) is 4.98 Å². The second kappa shape index (κ2) is 3.80. The lowest BCUT2D eigenvalue weighted by molar-refractivity contribution is -0.154.